The zero-order valence-electron chi connectivity index (χ0n) is 17.5. The van der Waals surface area contributed by atoms with Gasteiger partial charge >= 0.3 is 6.18 Å². The lowest BCUT2D eigenvalue weighted by molar-refractivity contribution is -0.137. The molecule has 3 rings (SSSR count). The van der Waals surface area contributed by atoms with Gasteiger partial charge in [0.05, 0.1) is 44.7 Å². The monoisotopic (exact) mass is 451 g/mol. The molecule has 0 radical (unpaired) electrons. The van der Waals surface area contributed by atoms with Crippen LogP contribution >= 0.6 is 0 Å². The van der Waals surface area contributed by atoms with E-state index in [0.29, 0.717) is 31.3 Å². The molecule has 2 aromatic carbocycles. The number of nitrogens with zero attached hydrogens (tertiary/aromatic N) is 2. The Morgan fingerprint density at radius 1 is 1.16 bits per heavy atom. The number of ether oxygens (including phenoxy) is 3. The molecule has 32 heavy (non-hydrogen) atoms. The highest BCUT2D eigenvalue weighted by atomic mass is 19.4. The van der Waals surface area contributed by atoms with Crippen molar-refractivity contribution in [1.29, 1.82) is 0 Å². The molecular formula is C22H24F3N3O4. The summed E-state index contributed by atoms with van der Waals surface area (Å²) in [6.07, 6.45) is -2.78. The number of carbonyl (C=O) groups excluding carboxylic acids is 1. The van der Waals surface area contributed by atoms with E-state index in [9.17, 15) is 18.0 Å². The zero-order valence-corrected chi connectivity index (χ0v) is 17.5. The Balaban J connectivity index is 1.61. The molecule has 1 fully saturated rings. The molecule has 0 aromatic heterocycles. The number of hydrazone groups is 1. The van der Waals surface area contributed by atoms with Gasteiger partial charge in [0.2, 0.25) is 0 Å². The van der Waals surface area contributed by atoms with Crippen LogP contribution in [-0.4, -0.2) is 56.6 Å². The fourth-order valence-corrected chi connectivity index (χ4v) is 2.92. The predicted molar refractivity (Wildman–Crippen MR) is 113 cm³/mol. The molecular weight excluding hydrogens is 427 g/mol. The number of amides is 1. The molecule has 1 aliphatic rings. The largest absolute Gasteiger partial charge is 0.490 e. The molecule has 0 unspecified atom stereocenters. The smallest absolute Gasteiger partial charge is 0.416 e. The lowest BCUT2D eigenvalue weighted by Crippen LogP contribution is -2.32. The Morgan fingerprint density at radius 2 is 1.94 bits per heavy atom. The third-order valence-electron chi connectivity index (χ3n) is 4.46. The Labute approximate surface area is 183 Å². The number of anilines is 1. The number of morpholine rings is 1. The molecule has 0 spiro atoms. The number of nitrogens with one attached hydrogen (secondary N) is 1. The lowest BCUT2D eigenvalue weighted by atomic mass is 10.2. The van der Waals surface area contributed by atoms with Crippen molar-refractivity contribution in [3.63, 3.8) is 0 Å². The van der Waals surface area contributed by atoms with E-state index in [0.717, 1.165) is 30.8 Å². The first-order valence-electron chi connectivity index (χ1n) is 10.1. The van der Waals surface area contributed by atoms with Crippen LogP contribution in [0.15, 0.2) is 47.6 Å². The second-order valence-electron chi connectivity index (χ2n) is 6.87. The van der Waals surface area contributed by atoms with Crippen molar-refractivity contribution in [3.8, 4) is 11.5 Å². The van der Waals surface area contributed by atoms with Gasteiger partial charge in [-0.3, -0.25) is 9.80 Å². The number of hydrogen-bond donors (Lipinski definition) is 1. The first-order chi connectivity index (χ1) is 15.3. The minimum absolute atomic E-state index is 0.0353. The summed E-state index contributed by atoms with van der Waals surface area (Å²) in [7, 11) is 0. The van der Waals surface area contributed by atoms with Crippen molar-refractivity contribution < 1.29 is 32.2 Å². The van der Waals surface area contributed by atoms with Gasteiger partial charge in [-0.15, -0.1) is 0 Å². The summed E-state index contributed by atoms with van der Waals surface area (Å²) < 4.78 is 54.9. The Kier molecular flexibility index (Phi) is 7.93. The van der Waals surface area contributed by atoms with Crippen molar-refractivity contribution in [2.75, 3.05) is 44.8 Å². The van der Waals surface area contributed by atoms with Gasteiger partial charge in [0.25, 0.3) is 5.91 Å². The van der Waals surface area contributed by atoms with Gasteiger partial charge < -0.3 is 19.5 Å². The fourth-order valence-electron chi connectivity index (χ4n) is 2.92. The average Bonchev–Trinajstić information content (AvgIpc) is 2.77. The van der Waals surface area contributed by atoms with E-state index in [4.69, 9.17) is 14.2 Å². The summed E-state index contributed by atoms with van der Waals surface area (Å²) in [5, 5.41) is 8.73. The molecule has 0 saturated carbocycles. The maximum Gasteiger partial charge on any atom is 0.416 e. The third kappa shape index (κ3) is 6.88. The molecule has 1 heterocycles. The lowest BCUT2D eigenvalue weighted by Gasteiger charge is -2.23. The number of carbonyl (C=O) groups is 1. The molecule has 1 N–H and O–H groups in total. The van der Waals surface area contributed by atoms with Crippen LogP contribution < -0.4 is 14.8 Å². The van der Waals surface area contributed by atoms with Crippen LogP contribution in [0.3, 0.4) is 0 Å². The maximum atomic E-state index is 12.8. The quantitative estimate of drug-likeness (QED) is 0.619. The predicted octanol–water partition coefficient (Wildman–Crippen LogP) is 3.79. The van der Waals surface area contributed by atoms with Gasteiger partial charge in [-0.1, -0.05) is 6.07 Å². The molecule has 1 amide bonds. The van der Waals surface area contributed by atoms with E-state index >= 15 is 0 Å². The minimum atomic E-state index is -4.49. The van der Waals surface area contributed by atoms with Gasteiger partial charge in [0.1, 0.15) is 0 Å². The molecule has 10 heteroatoms. The van der Waals surface area contributed by atoms with Crippen LogP contribution in [-0.2, 0) is 15.7 Å². The molecule has 7 nitrogen and oxygen atoms in total. The fraction of sp³-hybridized carbons (Fsp3) is 0.364. The number of alkyl halides is 3. The number of benzene rings is 2. The van der Waals surface area contributed by atoms with E-state index in [2.05, 4.69) is 10.4 Å². The van der Waals surface area contributed by atoms with E-state index in [1.807, 2.05) is 11.9 Å². The van der Waals surface area contributed by atoms with Gasteiger partial charge in [-0.25, -0.2) is 0 Å². The second kappa shape index (κ2) is 10.9. The van der Waals surface area contributed by atoms with Crippen LogP contribution in [0.4, 0.5) is 18.9 Å². The topological polar surface area (TPSA) is 72.4 Å². The van der Waals surface area contributed by atoms with E-state index in [1.165, 1.54) is 12.1 Å². The summed E-state index contributed by atoms with van der Waals surface area (Å²) in [4.78, 5) is 12.2. The zero-order chi connectivity index (χ0) is 23.0. The summed E-state index contributed by atoms with van der Waals surface area (Å²) >= 11 is 0. The Hall–Kier alpha value is -3.27. The molecule has 2 aromatic rings. The van der Waals surface area contributed by atoms with Crippen LogP contribution in [0.5, 0.6) is 11.5 Å². The van der Waals surface area contributed by atoms with E-state index < -0.39 is 24.3 Å². The maximum absolute atomic E-state index is 12.8. The highest BCUT2D eigenvalue weighted by Gasteiger charge is 2.30. The standard InChI is InChI=1S/C22H24F3N3O4/c1-2-31-20-12-16(14-26-28-8-10-30-11-9-28)6-7-19(20)32-15-21(29)27-18-5-3-4-17(13-18)22(23,24)25/h3-7,12-14H,2,8-11,15H2,1H3,(H,27,29). The molecule has 0 aliphatic carbocycles. The van der Waals surface area contributed by atoms with Crippen LogP contribution in [0.2, 0.25) is 0 Å². The Bertz CT molecular complexity index is 944. The summed E-state index contributed by atoms with van der Waals surface area (Å²) in [5.74, 6) is 0.185. The van der Waals surface area contributed by atoms with Gasteiger partial charge in [-0.05, 0) is 48.9 Å². The van der Waals surface area contributed by atoms with Crippen molar-refractivity contribution >= 4 is 17.8 Å². The average molecular weight is 451 g/mol. The molecule has 0 atom stereocenters. The van der Waals surface area contributed by atoms with Crippen LogP contribution in [0, 0.1) is 0 Å². The van der Waals surface area contributed by atoms with Crippen molar-refractivity contribution in [1.82, 2.24) is 5.01 Å². The van der Waals surface area contributed by atoms with E-state index in [-0.39, 0.29) is 5.69 Å². The Morgan fingerprint density at radius 3 is 2.66 bits per heavy atom. The normalized spacial score (nSPS) is 14.4. The molecule has 1 aliphatic heterocycles. The molecule has 172 valence electrons. The van der Waals surface area contributed by atoms with Gasteiger partial charge in [0.15, 0.2) is 18.1 Å². The highest BCUT2D eigenvalue weighted by Crippen LogP contribution is 2.31. The first kappa shape index (κ1) is 23.4. The summed E-state index contributed by atoms with van der Waals surface area (Å²) in [5.41, 5.74) is -0.0157. The van der Waals surface area contributed by atoms with Gasteiger partial charge in [0, 0.05) is 5.69 Å². The van der Waals surface area contributed by atoms with Gasteiger partial charge in [-0.2, -0.15) is 18.3 Å². The van der Waals surface area contributed by atoms with E-state index in [1.54, 1.807) is 24.4 Å². The first-order valence-corrected chi connectivity index (χ1v) is 10.1. The van der Waals surface area contributed by atoms with Crippen LogP contribution in [0.25, 0.3) is 0 Å². The van der Waals surface area contributed by atoms with Crippen molar-refractivity contribution in [2.45, 2.75) is 13.1 Å². The number of hydrogen-bond acceptors (Lipinski definition) is 6. The number of rotatable bonds is 8. The molecule has 1 saturated heterocycles. The summed E-state index contributed by atoms with van der Waals surface area (Å²) in [6, 6.07) is 9.57. The SMILES string of the molecule is CCOc1cc(C=NN2CCOCC2)ccc1OCC(=O)Nc1cccc(C(F)(F)F)c1. The minimum Gasteiger partial charge on any atom is -0.490 e. The van der Waals surface area contributed by atoms with Crippen molar-refractivity contribution in [3.05, 3.63) is 53.6 Å². The summed E-state index contributed by atoms with van der Waals surface area (Å²) in [6.45, 7) is 4.52. The second-order valence-corrected chi connectivity index (χ2v) is 6.87. The number of halogens is 3. The third-order valence-corrected chi connectivity index (χ3v) is 4.46. The molecule has 0 bridgehead atoms. The van der Waals surface area contributed by atoms with Crippen molar-refractivity contribution in [2.24, 2.45) is 5.10 Å². The highest BCUT2D eigenvalue weighted by molar-refractivity contribution is 5.92. The van der Waals surface area contributed by atoms with Crippen LogP contribution in [0.1, 0.15) is 18.1 Å².